The maximum absolute atomic E-state index is 4.61. The minimum Gasteiger partial charge on any atom is -0.261 e. The van der Waals surface area contributed by atoms with Crippen LogP contribution in [0.4, 0.5) is 0 Å². The Morgan fingerprint density at radius 2 is 1.12 bits per heavy atom. The van der Waals surface area contributed by atoms with E-state index in [-0.39, 0.29) is 10.8 Å². The van der Waals surface area contributed by atoms with E-state index in [0.717, 1.165) is 29.4 Å². The van der Waals surface area contributed by atoms with E-state index in [2.05, 4.69) is 97.9 Å². The average molecular weight is 693 g/mol. The Morgan fingerprint density at radius 3 is 1.65 bits per heavy atom. The molecule has 4 heteroatoms. The molecule has 4 saturated carbocycles. The van der Waals surface area contributed by atoms with Crippen LogP contribution in [0.25, 0.3) is 11.1 Å². The molecule has 10 rings (SSSR count). The van der Waals surface area contributed by atoms with Crippen LogP contribution in [0.2, 0.25) is 0 Å². The summed E-state index contributed by atoms with van der Waals surface area (Å²) < 4.78 is 0. The summed E-state index contributed by atoms with van der Waals surface area (Å²) in [4.78, 5) is 17.5. The molecule has 0 saturated heterocycles. The van der Waals surface area contributed by atoms with Gasteiger partial charge < -0.3 is 0 Å². The average Bonchev–Trinajstić information content (AvgIpc) is 3.70. The van der Waals surface area contributed by atoms with Crippen molar-refractivity contribution in [1.29, 1.82) is 0 Å². The first-order valence-corrected chi connectivity index (χ1v) is 20.8. The molecule has 0 bridgehead atoms. The molecule has 0 radical (unpaired) electrons. The molecule has 4 nitrogen and oxygen atoms in total. The number of fused-ring (bicyclic) bond motifs is 10. The molecular weight excluding hydrogens is 633 g/mol. The zero-order chi connectivity index (χ0) is 35.9. The van der Waals surface area contributed by atoms with Gasteiger partial charge in [0.05, 0.1) is 11.9 Å². The van der Waals surface area contributed by atoms with Gasteiger partial charge in [0.15, 0.2) is 0 Å². The monoisotopic (exact) mass is 692 g/mol. The molecule has 0 aliphatic heterocycles. The highest BCUT2D eigenvalue weighted by molar-refractivity contribution is 5.78. The third-order valence-electron chi connectivity index (χ3n) is 16.5. The minimum atomic E-state index is 0.154. The zero-order valence-electron chi connectivity index (χ0n) is 32.7. The number of rotatable bonds is 2. The van der Waals surface area contributed by atoms with E-state index in [1.54, 1.807) is 34.8 Å². The minimum absolute atomic E-state index is 0.154. The molecule has 0 aromatic carbocycles. The van der Waals surface area contributed by atoms with Crippen molar-refractivity contribution < 1.29 is 0 Å². The van der Waals surface area contributed by atoms with E-state index in [0.29, 0.717) is 22.7 Å². The van der Waals surface area contributed by atoms with E-state index in [1.807, 2.05) is 24.8 Å². The second-order valence-electron chi connectivity index (χ2n) is 19.3. The Hall–Kier alpha value is -3.40. The molecule has 2 heterocycles. The van der Waals surface area contributed by atoms with Gasteiger partial charge in [-0.2, -0.15) is 0 Å². The molecular formula is C48H60N4. The van der Waals surface area contributed by atoms with Gasteiger partial charge in [-0.25, -0.2) is 9.97 Å². The summed E-state index contributed by atoms with van der Waals surface area (Å²) in [6.07, 6.45) is 41.9. The lowest BCUT2D eigenvalue weighted by Gasteiger charge is -2.56. The van der Waals surface area contributed by atoms with Crippen molar-refractivity contribution in [3.8, 4) is 0 Å². The van der Waals surface area contributed by atoms with Crippen LogP contribution >= 0.6 is 0 Å². The predicted octanol–water partition coefficient (Wildman–Crippen LogP) is 12.0. The van der Waals surface area contributed by atoms with Crippen molar-refractivity contribution in [3.05, 3.63) is 107 Å². The summed E-state index contributed by atoms with van der Waals surface area (Å²) in [5.41, 5.74) is 13.2. The summed E-state index contributed by atoms with van der Waals surface area (Å²) >= 11 is 0. The quantitative estimate of drug-likeness (QED) is 0.294. The Bertz CT molecular complexity index is 1780. The number of aromatic nitrogens is 4. The second-order valence-corrected chi connectivity index (χ2v) is 19.3. The molecule has 4 fully saturated rings. The van der Waals surface area contributed by atoms with Gasteiger partial charge >= 0.3 is 0 Å². The number of allylic oxidation sites excluding steroid dienone is 12. The zero-order valence-corrected chi connectivity index (χ0v) is 32.7. The van der Waals surface area contributed by atoms with E-state index in [1.165, 1.54) is 93.8 Å². The van der Waals surface area contributed by atoms with Gasteiger partial charge in [-0.05, 0) is 135 Å². The van der Waals surface area contributed by atoms with Crippen molar-refractivity contribution in [2.24, 2.45) is 57.2 Å². The summed E-state index contributed by atoms with van der Waals surface area (Å²) in [6.45, 7) is 14.9. The molecule has 0 N–H and O–H groups in total. The van der Waals surface area contributed by atoms with Crippen molar-refractivity contribution in [2.45, 2.75) is 119 Å². The highest BCUT2D eigenvalue weighted by Crippen LogP contribution is 2.66. The molecule has 0 unspecified atom stereocenters. The van der Waals surface area contributed by atoms with Crippen LogP contribution < -0.4 is 0 Å². The summed E-state index contributed by atoms with van der Waals surface area (Å²) in [5, 5.41) is 0. The van der Waals surface area contributed by atoms with Crippen molar-refractivity contribution in [1.82, 2.24) is 19.9 Å². The molecule has 2 aromatic heterocycles. The lowest BCUT2D eigenvalue weighted by atomic mass is 9.48. The summed E-state index contributed by atoms with van der Waals surface area (Å²) in [7, 11) is 0. The van der Waals surface area contributed by atoms with Crippen molar-refractivity contribution >= 4 is 11.1 Å². The van der Waals surface area contributed by atoms with Crippen LogP contribution in [-0.2, 0) is 0 Å². The Labute approximate surface area is 313 Å². The predicted molar refractivity (Wildman–Crippen MR) is 212 cm³/mol. The van der Waals surface area contributed by atoms with Crippen LogP contribution in [0.5, 0.6) is 0 Å². The molecule has 0 spiro atoms. The van der Waals surface area contributed by atoms with Crippen molar-refractivity contribution in [2.75, 3.05) is 0 Å². The summed E-state index contributed by atoms with van der Waals surface area (Å²) in [6, 6.07) is 0. The second kappa shape index (κ2) is 12.6. The van der Waals surface area contributed by atoms with Crippen LogP contribution in [0.1, 0.15) is 130 Å². The van der Waals surface area contributed by atoms with Gasteiger partial charge in [0.2, 0.25) is 0 Å². The van der Waals surface area contributed by atoms with Crippen molar-refractivity contribution in [3.63, 3.8) is 0 Å². The molecule has 272 valence electrons. The van der Waals surface area contributed by atoms with Crippen LogP contribution in [0.15, 0.2) is 96.1 Å². The highest BCUT2D eigenvalue weighted by Gasteiger charge is 2.55. The number of hydrogen-bond donors (Lipinski definition) is 0. The van der Waals surface area contributed by atoms with E-state index >= 15 is 0 Å². The highest BCUT2D eigenvalue weighted by atomic mass is 14.8. The van der Waals surface area contributed by atoms with Gasteiger partial charge in [0.25, 0.3) is 0 Å². The fourth-order valence-corrected chi connectivity index (χ4v) is 13.4. The van der Waals surface area contributed by atoms with Gasteiger partial charge in [-0.3, -0.25) is 9.97 Å². The topological polar surface area (TPSA) is 51.6 Å². The van der Waals surface area contributed by atoms with E-state index in [4.69, 9.17) is 0 Å². The lowest BCUT2D eigenvalue weighted by Crippen LogP contribution is -2.46. The Morgan fingerprint density at radius 1 is 0.577 bits per heavy atom. The largest absolute Gasteiger partial charge is 0.261 e. The fourth-order valence-electron chi connectivity index (χ4n) is 13.4. The molecule has 0 amide bonds. The fraction of sp³-hybridized carbons (Fsp3) is 0.583. The lowest BCUT2D eigenvalue weighted by molar-refractivity contribution is 0.0682. The molecule has 52 heavy (non-hydrogen) atoms. The Kier molecular flexibility index (Phi) is 8.32. The van der Waals surface area contributed by atoms with Gasteiger partial charge in [-0.15, -0.1) is 0 Å². The SMILES string of the molecule is C[C@H]1CC[C@@]2(C)C(=CC[C@H]3C4=CC=C(c5cnccn5)[C@@]4(C)CC[C@@H]32)C1.C[C@H]1CC[C@@]2(C)C(=CC[C@H]3C4=CC=C(c5cncnc5)[C@@]4(C)CC[C@@H]32)C1. The number of hydrogen-bond acceptors (Lipinski definition) is 4. The first kappa shape index (κ1) is 34.4. The molecule has 8 aliphatic carbocycles. The van der Waals surface area contributed by atoms with Crippen LogP contribution in [0.3, 0.4) is 0 Å². The van der Waals surface area contributed by atoms with Gasteiger partial charge in [0, 0.05) is 41.2 Å². The third-order valence-corrected chi connectivity index (χ3v) is 16.5. The first-order chi connectivity index (χ1) is 25.0. The Balaban J connectivity index is 0.000000138. The normalized spacial score (nSPS) is 41.3. The van der Waals surface area contributed by atoms with Gasteiger partial charge in [-0.1, -0.05) is 100 Å². The summed E-state index contributed by atoms with van der Waals surface area (Å²) in [5.74, 6) is 4.82. The molecule has 2 aromatic rings. The standard InChI is InChI=1S/2C24H30N2/c1-16-8-10-23(2)18(12-16)4-5-19-21-7-6-20(17-13-25-15-26-14-17)24(21,3)11-9-22(19)23;1-16-8-10-23(2)17(14-16)4-5-18-19-6-7-21(22-15-25-12-13-26-22)24(19,3)11-9-20(18)23/h4,6-7,13-16,19,22H,5,8-12H2,1-3H3;4,6-7,12-13,15-16,18,20H,5,8-11,14H2,1-3H3/t16-,19-,22-,23-,24+;16-,18-,20-,23-,24-/m00/s1. The smallest absolute Gasteiger partial charge is 0.115 e. The first-order valence-electron chi connectivity index (χ1n) is 20.8. The maximum Gasteiger partial charge on any atom is 0.115 e. The van der Waals surface area contributed by atoms with Crippen LogP contribution in [0, 0.1) is 57.2 Å². The van der Waals surface area contributed by atoms with Crippen LogP contribution in [-0.4, -0.2) is 19.9 Å². The maximum atomic E-state index is 4.61. The van der Waals surface area contributed by atoms with Gasteiger partial charge in [0.1, 0.15) is 6.33 Å². The molecule has 8 aliphatic rings. The van der Waals surface area contributed by atoms with E-state index < -0.39 is 0 Å². The number of nitrogens with zero attached hydrogens (tertiary/aromatic N) is 4. The van der Waals surface area contributed by atoms with E-state index in [9.17, 15) is 0 Å². The third kappa shape index (κ3) is 5.19. The molecule has 10 atom stereocenters.